The van der Waals surface area contributed by atoms with Gasteiger partial charge in [-0.25, -0.2) is 4.85 Å². The number of nitriles is 1. The van der Waals surface area contributed by atoms with Crippen molar-refractivity contribution < 1.29 is 26.3 Å². The molecule has 1 unspecified atom stereocenters. The molecular weight excluding hydrogens is 424 g/mol. The van der Waals surface area contributed by atoms with E-state index < -0.39 is 48.8 Å². The molecule has 3 rings (SSSR count). The van der Waals surface area contributed by atoms with E-state index in [1.54, 1.807) is 19.1 Å². The van der Waals surface area contributed by atoms with E-state index in [9.17, 15) is 31.6 Å². The van der Waals surface area contributed by atoms with Gasteiger partial charge in [-0.15, -0.1) is 0 Å². The highest BCUT2D eigenvalue weighted by Crippen LogP contribution is 2.44. The Bertz CT molecular complexity index is 1150. The van der Waals surface area contributed by atoms with E-state index in [2.05, 4.69) is 15.0 Å². The molecule has 11 heteroatoms. The smallest absolute Gasteiger partial charge is 0.364 e. The Hall–Kier alpha value is -3.47. The van der Waals surface area contributed by atoms with Crippen LogP contribution in [-0.2, 0) is 0 Å². The molecule has 0 spiro atoms. The molecule has 0 amide bonds. The van der Waals surface area contributed by atoms with Crippen LogP contribution in [0.4, 0.5) is 26.3 Å². The Morgan fingerprint density at radius 2 is 1.94 bits per heavy atom. The summed E-state index contributed by atoms with van der Waals surface area (Å²) in [4.78, 5) is 3.32. The molecule has 5 nitrogen and oxygen atoms in total. The van der Waals surface area contributed by atoms with Crippen molar-refractivity contribution >= 4 is 10.9 Å². The molecule has 1 aromatic carbocycles. The average molecular weight is 439 g/mol. The number of nitrogens with one attached hydrogen (secondary N) is 2. The van der Waals surface area contributed by atoms with Crippen LogP contribution >= 0.6 is 0 Å². The van der Waals surface area contributed by atoms with Gasteiger partial charge >= 0.3 is 12.4 Å². The number of aryl methyl sites for hydroxylation is 1. The number of allylic oxidation sites excluding steroid dienone is 3. The molecule has 1 atom stereocenters. The second-order valence-corrected chi connectivity index (χ2v) is 7.03. The Morgan fingerprint density at radius 3 is 2.52 bits per heavy atom. The van der Waals surface area contributed by atoms with Crippen LogP contribution < -0.4 is 5.32 Å². The van der Waals surface area contributed by atoms with Crippen molar-refractivity contribution in [2.75, 3.05) is 0 Å². The zero-order valence-corrected chi connectivity index (χ0v) is 16.0. The van der Waals surface area contributed by atoms with Gasteiger partial charge in [-0.2, -0.15) is 36.7 Å². The fourth-order valence-electron chi connectivity index (χ4n) is 3.53. The summed E-state index contributed by atoms with van der Waals surface area (Å²) in [5.41, 5.74) is -1.13. The SMILES string of the molecule is [C-]#[N+]C1=C(CCCC(F)(F)F)NC(C(F)(F)F)=C(C#N)C1c1ccc2n[nH]c(C)c2c1. The van der Waals surface area contributed by atoms with Crippen LogP contribution in [0.1, 0.15) is 36.4 Å². The number of hydrogen-bond acceptors (Lipinski definition) is 3. The first-order chi connectivity index (χ1) is 14.5. The lowest BCUT2D eigenvalue weighted by Gasteiger charge is -2.30. The number of alkyl halides is 6. The molecule has 2 N–H and O–H groups in total. The predicted octanol–water partition coefficient (Wildman–Crippen LogP) is 5.76. The lowest BCUT2D eigenvalue weighted by Crippen LogP contribution is -2.34. The molecule has 0 aliphatic carbocycles. The van der Waals surface area contributed by atoms with E-state index in [0.717, 1.165) is 0 Å². The molecule has 2 heterocycles. The number of halogens is 6. The van der Waals surface area contributed by atoms with E-state index >= 15 is 0 Å². The van der Waals surface area contributed by atoms with Crippen LogP contribution in [0, 0.1) is 24.8 Å². The number of nitrogens with zero attached hydrogens (tertiary/aromatic N) is 3. The second-order valence-electron chi connectivity index (χ2n) is 7.03. The molecule has 0 fully saturated rings. The number of aromatic nitrogens is 2. The first-order valence-electron chi connectivity index (χ1n) is 9.06. The summed E-state index contributed by atoms with van der Waals surface area (Å²) in [6, 6.07) is 6.09. The van der Waals surface area contributed by atoms with E-state index in [-0.39, 0.29) is 17.0 Å². The molecule has 2 aromatic rings. The summed E-state index contributed by atoms with van der Waals surface area (Å²) in [6.07, 6.45) is -11.5. The number of rotatable bonds is 4. The molecule has 0 radical (unpaired) electrons. The van der Waals surface area contributed by atoms with Gasteiger partial charge in [-0.3, -0.25) is 5.10 Å². The fourth-order valence-corrected chi connectivity index (χ4v) is 3.53. The first-order valence-corrected chi connectivity index (χ1v) is 9.06. The van der Waals surface area contributed by atoms with Crippen LogP contribution in [0.25, 0.3) is 15.7 Å². The normalized spacial score (nSPS) is 17.5. The van der Waals surface area contributed by atoms with Gasteiger partial charge in [0.25, 0.3) is 0 Å². The summed E-state index contributed by atoms with van der Waals surface area (Å²) < 4.78 is 78.6. The zero-order valence-electron chi connectivity index (χ0n) is 16.0. The van der Waals surface area contributed by atoms with Crippen molar-refractivity contribution in [3.8, 4) is 6.07 Å². The molecule has 0 bridgehead atoms. The molecule has 162 valence electrons. The maximum Gasteiger partial charge on any atom is 0.432 e. The number of aromatic amines is 1. The first kappa shape index (κ1) is 22.2. The minimum Gasteiger partial charge on any atom is -0.364 e. The van der Waals surface area contributed by atoms with Gasteiger partial charge in [0.2, 0.25) is 0 Å². The van der Waals surface area contributed by atoms with Gasteiger partial charge in [0, 0.05) is 23.2 Å². The minimum absolute atomic E-state index is 0.229. The maximum atomic E-state index is 13.7. The fraction of sp³-hybridized carbons (Fsp3) is 0.350. The molecule has 1 aromatic heterocycles. The minimum atomic E-state index is -4.96. The van der Waals surface area contributed by atoms with Crippen LogP contribution in [-0.4, -0.2) is 22.5 Å². The molecule has 1 aliphatic rings. The quantitative estimate of drug-likeness (QED) is 0.470. The number of benzene rings is 1. The van der Waals surface area contributed by atoms with Gasteiger partial charge < -0.3 is 5.32 Å². The Balaban J connectivity index is 2.16. The topological polar surface area (TPSA) is 68.9 Å². The van der Waals surface area contributed by atoms with Crippen molar-refractivity contribution in [3.63, 3.8) is 0 Å². The average Bonchev–Trinajstić information content (AvgIpc) is 3.05. The van der Waals surface area contributed by atoms with Crippen molar-refractivity contribution in [2.45, 2.75) is 44.5 Å². The molecule has 1 aliphatic heterocycles. The summed E-state index contributed by atoms with van der Waals surface area (Å²) >= 11 is 0. The van der Waals surface area contributed by atoms with Crippen LogP contribution in [0.15, 0.2) is 40.9 Å². The highest BCUT2D eigenvalue weighted by Gasteiger charge is 2.44. The van der Waals surface area contributed by atoms with Crippen LogP contribution in [0.5, 0.6) is 0 Å². The molecule has 0 saturated heterocycles. The number of fused-ring (bicyclic) bond motifs is 1. The van der Waals surface area contributed by atoms with Gasteiger partial charge in [0.05, 0.1) is 29.6 Å². The van der Waals surface area contributed by atoms with Crippen molar-refractivity contribution in [1.82, 2.24) is 15.5 Å². The third-order valence-corrected chi connectivity index (χ3v) is 4.93. The third kappa shape index (κ3) is 4.50. The zero-order chi connectivity index (χ0) is 23.0. The van der Waals surface area contributed by atoms with Gasteiger partial charge in [-0.05, 0) is 37.5 Å². The molecule has 31 heavy (non-hydrogen) atoms. The second kappa shape index (κ2) is 7.99. The van der Waals surface area contributed by atoms with E-state index in [1.807, 2.05) is 5.32 Å². The number of hydrogen-bond donors (Lipinski definition) is 2. The third-order valence-electron chi connectivity index (χ3n) is 4.93. The van der Waals surface area contributed by atoms with Crippen molar-refractivity contribution in [3.05, 3.63) is 63.5 Å². The predicted molar refractivity (Wildman–Crippen MR) is 98.9 cm³/mol. The van der Waals surface area contributed by atoms with E-state index in [4.69, 9.17) is 6.57 Å². The summed E-state index contributed by atoms with van der Waals surface area (Å²) in [6.45, 7) is 9.21. The van der Waals surface area contributed by atoms with E-state index in [1.165, 1.54) is 12.1 Å². The monoisotopic (exact) mass is 439 g/mol. The standard InChI is InChI=1S/C20H15F6N5/c1-10-12-8-11(5-6-14(12)31-30-10)16-13(9-27)18(20(24,25)26)29-15(17(16)28-2)4-3-7-19(21,22)23/h5-6,8,16,29H,3-4,7H2,1H3,(H,30,31). The number of dihydropyridines is 1. The highest BCUT2D eigenvalue weighted by atomic mass is 19.4. The van der Waals surface area contributed by atoms with Gasteiger partial charge in [0.1, 0.15) is 5.70 Å². The van der Waals surface area contributed by atoms with Crippen molar-refractivity contribution in [2.24, 2.45) is 0 Å². The lowest BCUT2D eigenvalue weighted by molar-refractivity contribution is -0.135. The molecular formula is C20H15F6N5. The molecule has 0 saturated carbocycles. The maximum absolute atomic E-state index is 13.7. The van der Waals surface area contributed by atoms with Gasteiger partial charge in [-0.1, -0.05) is 6.07 Å². The summed E-state index contributed by atoms with van der Waals surface area (Å²) in [7, 11) is 0. The van der Waals surface area contributed by atoms with Crippen LogP contribution in [0.3, 0.4) is 0 Å². The van der Waals surface area contributed by atoms with Crippen molar-refractivity contribution in [1.29, 1.82) is 5.26 Å². The largest absolute Gasteiger partial charge is 0.432 e. The Kier molecular flexibility index (Phi) is 5.72. The Labute approximate surface area is 172 Å². The summed E-state index contributed by atoms with van der Waals surface area (Å²) in [5, 5.41) is 18.9. The van der Waals surface area contributed by atoms with Crippen LogP contribution in [0.2, 0.25) is 0 Å². The van der Waals surface area contributed by atoms with Gasteiger partial charge in [0.15, 0.2) is 5.70 Å². The Morgan fingerprint density at radius 1 is 1.23 bits per heavy atom. The highest BCUT2D eigenvalue weighted by molar-refractivity contribution is 5.82. The van der Waals surface area contributed by atoms with E-state index in [0.29, 0.717) is 16.6 Å². The summed E-state index contributed by atoms with van der Waals surface area (Å²) in [5.74, 6) is -1.36. The lowest BCUT2D eigenvalue weighted by atomic mass is 9.83. The number of H-pyrrole nitrogens is 1.